The molecule has 0 aliphatic carbocycles. The van der Waals surface area contributed by atoms with E-state index in [2.05, 4.69) is 58.9 Å². The molecular formula is C25H30BrN3O4S. The van der Waals surface area contributed by atoms with Crippen molar-refractivity contribution in [2.24, 2.45) is 0 Å². The minimum Gasteiger partial charge on any atom is -0.365 e. The maximum atomic E-state index is 13.3. The maximum Gasteiger partial charge on any atom is 0.223 e. The van der Waals surface area contributed by atoms with E-state index in [-0.39, 0.29) is 34.9 Å². The van der Waals surface area contributed by atoms with Gasteiger partial charge in [0.1, 0.15) is 0 Å². The normalized spacial score (nSPS) is 18.2. The Bertz CT molecular complexity index is 1210. The predicted octanol–water partition coefficient (Wildman–Crippen LogP) is 3.57. The zero-order valence-electron chi connectivity index (χ0n) is 19.8. The molecule has 7 nitrogen and oxygen atoms in total. The van der Waals surface area contributed by atoms with Gasteiger partial charge in [-0.15, -0.1) is 0 Å². The van der Waals surface area contributed by atoms with Crippen molar-refractivity contribution in [3.8, 4) is 0 Å². The summed E-state index contributed by atoms with van der Waals surface area (Å²) in [5.41, 5.74) is 3.62. The molecule has 4 rings (SSSR count). The largest absolute Gasteiger partial charge is 0.365 e. The van der Waals surface area contributed by atoms with Crippen molar-refractivity contribution < 1.29 is 18.0 Å². The average Bonchev–Trinajstić information content (AvgIpc) is 3.21. The number of carbonyl (C=O) groups is 2. The Morgan fingerprint density at radius 1 is 1.09 bits per heavy atom. The molecule has 34 heavy (non-hydrogen) atoms. The average molecular weight is 549 g/mol. The second-order valence-electron chi connectivity index (χ2n) is 9.12. The Morgan fingerprint density at radius 2 is 1.79 bits per heavy atom. The standard InChI is InChI=1S/C25H30BrN3O4S/c1-17-4-6-22(7-5-17)28-12-11-27(16-18(28)2)24(31)9-13-34(32,33)23-15-21(26)14-20-8-10-29(19(3)30)25(20)23/h4-7,14-15,18H,8-13,16H2,1-3H3/t18-/m0/s1. The lowest BCUT2D eigenvalue weighted by Gasteiger charge is -2.41. The van der Waals surface area contributed by atoms with Gasteiger partial charge in [0.25, 0.3) is 0 Å². The van der Waals surface area contributed by atoms with Gasteiger partial charge in [0.15, 0.2) is 9.84 Å². The van der Waals surface area contributed by atoms with E-state index in [9.17, 15) is 18.0 Å². The molecule has 0 N–H and O–H groups in total. The van der Waals surface area contributed by atoms with Crippen molar-refractivity contribution in [1.82, 2.24) is 4.90 Å². The van der Waals surface area contributed by atoms with Crippen molar-refractivity contribution in [1.29, 1.82) is 0 Å². The van der Waals surface area contributed by atoms with Crippen LogP contribution in [0, 0.1) is 6.92 Å². The highest BCUT2D eigenvalue weighted by Crippen LogP contribution is 2.38. The topological polar surface area (TPSA) is 78.0 Å². The van der Waals surface area contributed by atoms with E-state index in [4.69, 9.17) is 0 Å². The number of sulfone groups is 1. The van der Waals surface area contributed by atoms with Gasteiger partial charge in [0.2, 0.25) is 11.8 Å². The molecule has 2 heterocycles. The van der Waals surface area contributed by atoms with E-state index in [1.807, 2.05) is 6.07 Å². The Kier molecular flexibility index (Phi) is 7.05. The third-order valence-electron chi connectivity index (χ3n) is 6.64. The van der Waals surface area contributed by atoms with Crippen LogP contribution in [0.1, 0.15) is 31.4 Å². The van der Waals surface area contributed by atoms with Crippen LogP contribution >= 0.6 is 15.9 Å². The van der Waals surface area contributed by atoms with E-state index >= 15 is 0 Å². The quantitative estimate of drug-likeness (QED) is 0.571. The molecule has 0 saturated carbocycles. The lowest BCUT2D eigenvalue weighted by Crippen LogP contribution is -2.54. The minimum atomic E-state index is -3.76. The number of amides is 2. The molecule has 1 fully saturated rings. The molecule has 2 aliphatic rings. The summed E-state index contributed by atoms with van der Waals surface area (Å²) in [4.78, 5) is 30.7. The van der Waals surface area contributed by atoms with Gasteiger partial charge >= 0.3 is 0 Å². The number of hydrogen-bond donors (Lipinski definition) is 0. The summed E-state index contributed by atoms with van der Waals surface area (Å²) in [6, 6.07) is 11.9. The fourth-order valence-electron chi connectivity index (χ4n) is 4.81. The molecule has 182 valence electrons. The number of carbonyl (C=O) groups excluding carboxylic acids is 2. The van der Waals surface area contributed by atoms with Crippen LogP contribution < -0.4 is 9.80 Å². The number of nitrogens with zero attached hydrogens (tertiary/aromatic N) is 3. The molecule has 0 bridgehead atoms. The van der Waals surface area contributed by atoms with Gasteiger partial charge in [-0.25, -0.2) is 8.42 Å². The van der Waals surface area contributed by atoms with Crippen molar-refractivity contribution in [3.63, 3.8) is 0 Å². The smallest absolute Gasteiger partial charge is 0.223 e. The van der Waals surface area contributed by atoms with E-state index < -0.39 is 9.84 Å². The zero-order chi connectivity index (χ0) is 24.6. The molecule has 2 aromatic carbocycles. The lowest BCUT2D eigenvalue weighted by molar-refractivity contribution is -0.131. The van der Waals surface area contributed by atoms with Crippen molar-refractivity contribution in [2.75, 3.05) is 41.7 Å². The van der Waals surface area contributed by atoms with E-state index in [0.717, 1.165) is 11.3 Å². The molecule has 9 heteroatoms. The van der Waals surface area contributed by atoms with E-state index in [1.165, 1.54) is 17.4 Å². The highest BCUT2D eigenvalue weighted by Gasteiger charge is 2.33. The van der Waals surface area contributed by atoms with Gasteiger partial charge in [-0.2, -0.15) is 0 Å². The number of rotatable bonds is 5. The summed E-state index contributed by atoms with van der Waals surface area (Å²) in [5, 5.41) is 0. The SMILES string of the molecule is CC(=O)N1CCc2cc(Br)cc(S(=O)(=O)CCC(=O)N3CCN(c4ccc(C)cc4)[C@@H](C)C3)c21. The maximum absolute atomic E-state index is 13.3. The first-order valence-corrected chi connectivity index (χ1v) is 14.0. The summed E-state index contributed by atoms with van der Waals surface area (Å²) >= 11 is 3.40. The molecule has 2 aliphatic heterocycles. The fourth-order valence-corrected chi connectivity index (χ4v) is 6.98. The van der Waals surface area contributed by atoms with Crippen LogP contribution in [-0.4, -0.2) is 63.1 Å². The minimum absolute atomic E-state index is 0.0824. The molecule has 2 aromatic rings. The number of hydrogen-bond acceptors (Lipinski definition) is 5. The molecule has 0 spiro atoms. The Balaban J connectivity index is 1.44. The highest BCUT2D eigenvalue weighted by molar-refractivity contribution is 9.10. The summed E-state index contributed by atoms with van der Waals surface area (Å²) in [7, 11) is -3.76. The Labute approximate surface area is 209 Å². The Hall–Kier alpha value is -2.39. The first-order chi connectivity index (χ1) is 16.1. The monoisotopic (exact) mass is 547 g/mol. The summed E-state index contributed by atoms with van der Waals surface area (Å²) in [5.74, 6) is -0.629. The second kappa shape index (κ2) is 9.70. The summed E-state index contributed by atoms with van der Waals surface area (Å²) in [6.45, 7) is 7.85. The van der Waals surface area contributed by atoms with Crippen LogP contribution in [-0.2, 0) is 25.8 Å². The van der Waals surface area contributed by atoms with Crippen LogP contribution in [0.4, 0.5) is 11.4 Å². The number of anilines is 2. The molecule has 0 unspecified atom stereocenters. The molecular weight excluding hydrogens is 518 g/mol. The van der Waals surface area contributed by atoms with Crippen LogP contribution in [0.5, 0.6) is 0 Å². The highest BCUT2D eigenvalue weighted by atomic mass is 79.9. The number of benzene rings is 2. The van der Waals surface area contributed by atoms with Gasteiger partial charge < -0.3 is 14.7 Å². The van der Waals surface area contributed by atoms with E-state index in [1.54, 1.807) is 11.0 Å². The molecule has 0 aromatic heterocycles. The van der Waals surface area contributed by atoms with Crippen LogP contribution in [0.25, 0.3) is 0 Å². The fraction of sp³-hybridized carbons (Fsp3) is 0.440. The predicted molar refractivity (Wildman–Crippen MR) is 137 cm³/mol. The van der Waals surface area contributed by atoms with Crippen LogP contribution in [0.15, 0.2) is 45.8 Å². The molecule has 1 saturated heterocycles. The van der Waals surface area contributed by atoms with Crippen molar-refractivity contribution in [2.45, 2.75) is 44.6 Å². The number of fused-ring (bicyclic) bond motifs is 1. The summed E-state index contributed by atoms with van der Waals surface area (Å²) in [6.07, 6.45) is 0.528. The van der Waals surface area contributed by atoms with Crippen molar-refractivity contribution >= 4 is 49.0 Å². The van der Waals surface area contributed by atoms with Crippen LogP contribution in [0.2, 0.25) is 0 Å². The Morgan fingerprint density at radius 3 is 2.44 bits per heavy atom. The third-order valence-corrected chi connectivity index (χ3v) is 8.82. The molecule has 2 amide bonds. The first kappa shape index (κ1) is 24.7. The van der Waals surface area contributed by atoms with Crippen molar-refractivity contribution in [3.05, 3.63) is 52.0 Å². The van der Waals surface area contributed by atoms with Gasteiger partial charge in [-0.1, -0.05) is 33.6 Å². The van der Waals surface area contributed by atoms with Crippen LogP contribution in [0.3, 0.4) is 0 Å². The second-order valence-corrected chi connectivity index (χ2v) is 12.1. The number of piperazine rings is 1. The van der Waals surface area contributed by atoms with Gasteiger partial charge in [-0.05, 0) is 50.1 Å². The van der Waals surface area contributed by atoms with E-state index in [0.29, 0.717) is 42.8 Å². The van der Waals surface area contributed by atoms with Gasteiger partial charge in [0, 0.05) is 55.7 Å². The first-order valence-electron chi connectivity index (χ1n) is 11.5. The van der Waals surface area contributed by atoms with Gasteiger partial charge in [-0.3, -0.25) is 9.59 Å². The lowest BCUT2D eigenvalue weighted by atomic mass is 10.1. The summed E-state index contributed by atoms with van der Waals surface area (Å²) < 4.78 is 27.2. The zero-order valence-corrected chi connectivity index (χ0v) is 22.2. The number of aryl methyl sites for hydroxylation is 1. The molecule has 0 radical (unpaired) electrons. The third kappa shape index (κ3) is 5.00. The van der Waals surface area contributed by atoms with Gasteiger partial charge in [0.05, 0.1) is 16.3 Å². The number of halogens is 1. The molecule has 1 atom stereocenters.